The van der Waals surface area contributed by atoms with Crippen molar-refractivity contribution in [3.8, 4) is 11.9 Å². The van der Waals surface area contributed by atoms with E-state index in [-0.39, 0.29) is 17.4 Å². The lowest BCUT2D eigenvalue weighted by atomic mass is 10.3. The van der Waals surface area contributed by atoms with E-state index >= 15 is 0 Å². The third-order valence-corrected chi connectivity index (χ3v) is 1.37. The average molecular weight is 183 g/mol. The Bertz CT molecular complexity index is 346. The van der Waals surface area contributed by atoms with Gasteiger partial charge in [0.1, 0.15) is 11.1 Å². The van der Waals surface area contributed by atoms with Crippen LogP contribution < -0.4 is 4.74 Å². The molecule has 1 heterocycles. The molecule has 0 spiro atoms. The van der Waals surface area contributed by atoms with Gasteiger partial charge in [-0.2, -0.15) is 5.26 Å². The Morgan fingerprint density at radius 3 is 3.00 bits per heavy atom. The van der Waals surface area contributed by atoms with Crippen LogP contribution in [0.3, 0.4) is 0 Å². The number of carbonyl (C=O) groups excluding carboxylic acids is 1. The summed E-state index contributed by atoms with van der Waals surface area (Å²) in [7, 11) is 0. The van der Waals surface area contributed by atoms with Crippen LogP contribution in [0.15, 0.2) is 12.3 Å². The zero-order valence-corrected chi connectivity index (χ0v) is 6.58. The quantitative estimate of drug-likeness (QED) is 0.644. The monoisotopic (exact) mass is 182 g/mol. The molecule has 0 N–H and O–H groups in total. The van der Waals surface area contributed by atoms with Crippen LogP contribution in [0.1, 0.15) is 5.56 Å². The van der Waals surface area contributed by atoms with E-state index in [1.165, 1.54) is 12.3 Å². The molecule has 0 aliphatic rings. The van der Waals surface area contributed by atoms with E-state index in [4.69, 9.17) is 16.9 Å². The molecule has 60 valence electrons. The molecule has 0 radical (unpaired) electrons. The number of nitrogens with zero attached hydrogens (tertiary/aromatic N) is 2. The maximum absolute atomic E-state index is 9.90. The van der Waals surface area contributed by atoms with Crippen molar-refractivity contribution in [2.75, 3.05) is 0 Å². The predicted molar refractivity (Wildman–Crippen MR) is 40.7 cm³/mol. The smallest absolute Gasteiger partial charge is 0.299 e. The van der Waals surface area contributed by atoms with Gasteiger partial charge in [0.2, 0.25) is 5.88 Å². The number of halogens is 1. The molecule has 5 heteroatoms. The van der Waals surface area contributed by atoms with Gasteiger partial charge in [0.15, 0.2) is 0 Å². The lowest BCUT2D eigenvalue weighted by molar-refractivity contribution is -0.120. The normalized spacial score (nSPS) is 8.67. The number of rotatable bonds is 2. The Balaban J connectivity index is 3.04. The summed E-state index contributed by atoms with van der Waals surface area (Å²) in [6.45, 7) is 0.222. The second-order valence-corrected chi connectivity index (χ2v) is 2.24. The van der Waals surface area contributed by atoms with Crippen molar-refractivity contribution in [1.82, 2.24) is 4.98 Å². The van der Waals surface area contributed by atoms with Crippen molar-refractivity contribution in [3.05, 3.63) is 22.8 Å². The molecular weight excluding hydrogens is 180 g/mol. The molecule has 0 saturated carbocycles. The first kappa shape index (κ1) is 8.50. The molecule has 1 aromatic heterocycles. The lowest BCUT2D eigenvalue weighted by Gasteiger charge is -1.97. The Labute approximate surface area is 73.4 Å². The molecule has 1 rings (SSSR count). The molecule has 0 unspecified atom stereocenters. The van der Waals surface area contributed by atoms with Crippen LogP contribution in [0.4, 0.5) is 0 Å². The van der Waals surface area contributed by atoms with Crippen LogP contribution in [0.2, 0.25) is 5.02 Å². The standard InChI is InChI=1S/C7H3ClN2O2/c8-6-1-5(2-9)3-10-7(6)12-4-11/h1,3-4H. The second kappa shape index (κ2) is 3.69. The largest absolute Gasteiger partial charge is 0.408 e. The highest BCUT2D eigenvalue weighted by Gasteiger charge is 2.03. The third-order valence-electron chi connectivity index (χ3n) is 1.10. The Morgan fingerprint density at radius 2 is 2.50 bits per heavy atom. The van der Waals surface area contributed by atoms with Crippen LogP contribution in [-0.4, -0.2) is 11.5 Å². The van der Waals surface area contributed by atoms with E-state index in [9.17, 15) is 4.79 Å². The van der Waals surface area contributed by atoms with Crippen molar-refractivity contribution in [2.45, 2.75) is 0 Å². The van der Waals surface area contributed by atoms with Crippen LogP contribution >= 0.6 is 11.6 Å². The molecule has 0 atom stereocenters. The highest BCUT2D eigenvalue weighted by molar-refractivity contribution is 6.32. The summed E-state index contributed by atoms with van der Waals surface area (Å²) in [5, 5.41) is 8.56. The minimum Gasteiger partial charge on any atom is -0.408 e. The summed E-state index contributed by atoms with van der Waals surface area (Å²) < 4.78 is 4.40. The summed E-state index contributed by atoms with van der Waals surface area (Å²) in [4.78, 5) is 13.5. The molecule has 0 aliphatic carbocycles. The fourth-order valence-electron chi connectivity index (χ4n) is 0.619. The maximum atomic E-state index is 9.90. The summed E-state index contributed by atoms with van der Waals surface area (Å²) in [5.41, 5.74) is 0.318. The van der Waals surface area contributed by atoms with Crippen molar-refractivity contribution < 1.29 is 9.53 Å². The summed E-state index contributed by atoms with van der Waals surface area (Å²) >= 11 is 5.59. The van der Waals surface area contributed by atoms with Crippen molar-refractivity contribution >= 4 is 18.1 Å². The van der Waals surface area contributed by atoms with Crippen LogP contribution in [0.25, 0.3) is 0 Å². The first-order valence-corrected chi connectivity index (χ1v) is 3.31. The van der Waals surface area contributed by atoms with Gasteiger partial charge in [-0.05, 0) is 6.07 Å². The van der Waals surface area contributed by atoms with Gasteiger partial charge in [0.05, 0.1) is 5.56 Å². The number of aromatic nitrogens is 1. The van der Waals surface area contributed by atoms with Gasteiger partial charge in [0, 0.05) is 6.20 Å². The number of nitriles is 1. The Hall–Kier alpha value is -1.60. The van der Waals surface area contributed by atoms with E-state index in [1.807, 2.05) is 6.07 Å². The summed E-state index contributed by atoms with van der Waals surface area (Å²) in [6.07, 6.45) is 1.27. The van der Waals surface area contributed by atoms with Crippen molar-refractivity contribution in [3.63, 3.8) is 0 Å². The number of pyridine rings is 1. The molecule has 0 aliphatic heterocycles. The van der Waals surface area contributed by atoms with Crippen LogP contribution in [0.5, 0.6) is 5.88 Å². The predicted octanol–water partition coefficient (Wildman–Crippen LogP) is 1.14. The SMILES string of the molecule is N#Cc1cnc(OC=O)c(Cl)c1. The lowest BCUT2D eigenvalue weighted by Crippen LogP contribution is -1.93. The molecule has 0 bridgehead atoms. The molecule has 4 nitrogen and oxygen atoms in total. The fourth-order valence-corrected chi connectivity index (χ4v) is 0.830. The third kappa shape index (κ3) is 1.71. The van der Waals surface area contributed by atoms with Gasteiger partial charge in [-0.3, -0.25) is 4.79 Å². The highest BCUT2D eigenvalue weighted by Crippen LogP contribution is 2.21. The average Bonchev–Trinajstić information content (AvgIpc) is 2.09. The minimum atomic E-state index is 0.00525. The van der Waals surface area contributed by atoms with Gasteiger partial charge in [-0.1, -0.05) is 11.6 Å². The van der Waals surface area contributed by atoms with Gasteiger partial charge >= 0.3 is 0 Å². The molecule has 0 saturated heterocycles. The first-order chi connectivity index (χ1) is 5.77. The van der Waals surface area contributed by atoms with Crippen molar-refractivity contribution in [1.29, 1.82) is 5.26 Å². The second-order valence-electron chi connectivity index (χ2n) is 1.84. The van der Waals surface area contributed by atoms with Gasteiger partial charge < -0.3 is 4.74 Å². The number of ether oxygens (including phenoxy) is 1. The molecule has 12 heavy (non-hydrogen) atoms. The molecule has 0 amide bonds. The van der Waals surface area contributed by atoms with E-state index in [1.54, 1.807) is 0 Å². The molecule has 1 aromatic rings. The maximum Gasteiger partial charge on any atom is 0.299 e. The summed E-state index contributed by atoms with van der Waals surface area (Å²) in [5.74, 6) is 0.00525. The van der Waals surface area contributed by atoms with E-state index in [2.05, 4.69) is 9.72 Å². The van der Waals surface area contributed by atoms with E-state index in [0.717, 1.165) is 0 Å². The zero-order valence-electron chi connectivity index (χ0n) is 5.82. The number of hydrogen-bond acceptors (Lipinski definition) is 4. The summed E-state index contributed by atoms with van der Waals surface area (Å²) in [6, 6.07) is 3.21. The highest BCUT2D eigenvalue weighted by atomic mass is 35.5. The zero-order chi connectivity index (χ0) is 8.97. The van der Waals surface area contributed by atoms with Gasteiger partial charge in [-0.25, -0.2) is 4.98 Å². The van der Waals surface area contributed by atoms with Crippen LogP contribution in [-0.2, 0) is 4.79 Å². The van der Waals surface area contributed by atoms with Gasteiger partial charge in [-0.15, -0.1) is 0 Å². The Kier molecular flexibility index (Phi) is 2.62. The topological polar surface area (TPSA) is 63.0 Å². The minimum absolute atomic E-state index is 0.00525. The molecular formula is C7H3ClN2O2. The van der Waals surface area contributed by atoms with E-state index in [0.29, 0.717) is 5.56 Å². The van der Waals surface area contributed by atoms with E-state index < -0.39 is 0 Å². The number of carbonyl (C=O) groups is 1. The van der Waals surface area contributed by atoms with Crippen molar-refractivity contribution in [2.24, 2.45) is 0 Å². The van der Waals surface area contributed by atoms with Crippen LogP contribution in [0, 0.1) is 11.3 Å². The molecule has 0 fully saturated rings. The van der Waals surface area contributed by atoms with Gasteiger partial charge in [0.25, 0.3) is 6.47 Å². The Morgan fingerprint density at radius 1 is 1.75 bits per heavy atom. The first-order valence-electron chi connectivity index (χ1n) is 2.94. The molecule has 0 aromatic carbocycles. The number of hydrogen-bond donors (Lipinski definition) is 0. The fraction of sp³-hybridized carbons (Fsp3) is 0.